The van der Waals surface area contributed by atoms with Gasteiger partial charge in [-0.25, -0.2) is 0 Å². The summed E-state index contributed by atoms with van der Waals surface area (Å²) in [5.74, 6) is 0.0683. The largest absolute Gasteiger partial charge is 0.355 e. The molecule has 1 N–H and O–H groups in total. The molecule has 4 heteroatoms. The maximum absolute atomic E-state index is 11.9. The van der Waals surface area contributed by atoms with Crippen molar-refractivity contribution in [1.82, 2.24) is 10.2 Å². The van der Waals surface area contributed by atoms with E-state index in [1.54, 1.807) is 0 Å². The summed E-state index contributed by atoms with van der Waals surface area (Å²) in [4.78, 5) is 14.9. The van der Waals surface area contributed by atoms with Gasteiger partial charge in [-0.05, 0) is 37.2 Å². The molecule has 0 aliphatic heterocycles. The fraction of sp³-hybridized carbons (Fsp3) is 0.533. The van der Waals surface area contributed by atoms with Crippen molar-refractivity contribution in [3.63, 3.8) is 0 Å². The molecule has 0 saturated carbocycles. The van der Waals surface area contributed by atoms with Crippen LogP contribution in [0.3, 0.4) is 0 Å². The Bertz CT molecular complexity index is 413. The van der Waals surface area contributed by atoms with Crippen molar-refractivity contribution in [3.8, 4) is 0 Å². The van der Waals surface area contributed by atoms with Gasteiger partial charge in [0.05, 0.1) is 6.42 Å². The molecule has 106 valence electrons. The zero-order valence-electron chi connectivity index (χ0n) is 12.2. The Morgan fingerprint density at radius 2 is 1.84 bits per heavy atom. The second-order valence-corrected chi connectivity index (χ2v) is 6.54. The van der Waals surface area contributed by atoms with Crippen LogP contribution in [-0.2, 0) is 11.2 Å². The van der Waals surface area contributed by atoms with Gasteiger partial charge < -0.3 is 10.2 Å². The van der Waals surface area contributed by atoms with Crippen LogP contribution in [0.25, 0.3) is 0 Å². The second-order valence-electron chi connectivity index (χ2n) is 6.02. The third-order valence-electron chi connectivity index (χ3n) is 2.81. The van der Waals surface area contributed by atoms with Gasteiger partial charge in [-0.2, -0.15) is 0 Å². The summed E-state index contributed by atoms with van der Waals surface area (Å²) in [6, 6.07) is 7.68. The zero-order valence-corrected chi connectivity index (χ0v) is 13.1. The minimum atomic E-state index is 0.0683. The summed E-state index contributed by atoms with van der Waals surface area (Å²) in [5, 5.41) is 3.01. The van der Waals surface area contributed by atoms with Gasteiger partial charge in [-0.3, -0.25) is 4.79 Å². The molecule has 19 heavy (non-hydrogen) atoms. The average molecular weight is 280 g/mol. The molecule has 0 fully saturated rings. The molecular weight excluding hydrogens is 256 g/mol. The Morgan fingerprint density at radius 3 is 2.37 bits per heavy atom. The maximum atomic E-state index is 11.9. The van der Waals surface area contributed by atoms with Gasteiger partial charge >= 0.3 is 0 Å². The summed E-state index contributed by atoms with van der Waals surface area (Å²) < 4.78 is 0. The van der Waals surface area contributed by atoms with Crippen molar-refractivity contribution in [2.24, 2.45) is 5.41 Å². The van der Waals surface area contributed by atoms with Crippen LogP contribution in [-0.4, -0.2) is 38.0 Å². The van der Waals surface area contributed by atoms with Gasteiger partial charge in [0.25, 0.3) is 0 Å². The Kier molecular flexibility index (Phi) is 5.88. The minimum Gasteiger partial charge on any atom is -0.355 e. The predicted octanol–water partition coefficient (Wildman–Crippen LogP) is 2.22. The highest BCUT2D eigenvalue weighted by atomic mass is 32.1. The highest BCUT2D eigenvalue weighted by Crippen LogP contribution is 2.14. The Hall–Kier alpha value is -1.00. The van der Waals surface area contributed by atoms with Crippen molar-refractivity contribution in [2.75, 3.05) is 27.2 Å². The van der Waals surface area contributed by atoms with Crippen molar-refractivity contribution in [3.05, 3.63) is 29.8 Å². The molecule has 1 aromatic rings. The van der Waals surface area contributed by atoms with Crippen molar-refractivity contribution < 1.29 is 4.79 Å². The van der Waals surface area contributed by atoms with E-state index in [-0.39, 0.29) is 11.3 Å². The van der Waals surface area contributed by atoms with Crippen LogP contribution in [0.1, 0.15) is 19.4 Å². The Morgan fingerprint density at radius 1 is 1.26 bits per heavy atom. The fourth-order valence-corrected chi connectivity index (χ4v) is 2.26. The van der Waals surface area contributed by atoms with Crippen LogP contribution in [0.4, 0.5) is 0 Å². The van der Waals surface area contributed by atoms with Crippen LogP contribution in [0.2, 0.25) is 0 Å². The lowest BCUT2D eigenvalue weighted by molar-refractivity contribution is -0.120. The molecule has 0 radical (unpaired) electrons. The Balaban J connectivity index is 2.41. The van der Waals surface area contributed by atoms with E-state index in [9.17, 15) is 4.79 Å². The highest BCUT2D eigenvalue weighted by molar-refractivity contribution is 7.80. The molecule has 0 aliphatic rings. The maximum Gasteiger partial charge on any atom is 0.224 e. The van der Waals surface area contributed by atoms with Crippen LogP contribution in [0.5, 0.6) is 0 Å². The van der Waals surface area contributed by atoms with Crippen molar-refractivity contribution in [1.29, 1.82) is 0 Å². The summed E-state index contributed by atoms with van der Waals surface area (Å²) in [7, 11) is 4.09. The van der Waals surface area contributed by atoms with E-state index in [4.69, 9.17) is 0 Å². The SMILES string of the molecule is CN(C)CC(C)(C)CNC(=O)Cc1ccc(S)cc1. The third-order valence-corrected chi connectivity index (χ3v) is 3.11. The molecule has 3 nitrogen and oxygen atoms in total. The molecule has 0 aliphatic carbocycles. The number of hydrogen-bond acceptors (Lipinski definition) is 3. The van der Waals surface area contributed by atoms with E-state index >= 15 is 0 Å². The molecule has 0 unspecified atom stereocenters. The number of amides is 1. The van der Waals surface area contributed by atoms with Gasteiger partial charge in [-0.1, -0.05) is 26.0 Å². The van der Waals surface area contributed by atoms with Gasteiger partial charge in [0.1, 0.15) is 0 Å². The number of nitrogens with zero attached hydrogens (tertiary/aromatic N) is 1. The predicted molar refractivity (Wildman–Crippen MR) is 82.7 cm³/mol. The van der Waals surface area contributed by atoms with E-state index in [1.165, 1.54) is 0 Å². The first kappa shape index (κ1) is 16.1. The average Bonchev–Trinajstić information content (AvgIpc) is 2.28. The Labute approximate surface area is 121 Å². The number of thiol groups is 1. The topological polar surface area (TPSA) is 32.3 Å². The molecule has 0 bridgehead atoms. The first-order chi connectivity index (χ1) is 8.78. The number of carbonyl (C=O) groups is 1. The second kappa shape index (κ2) is 6.96. The van der Waals surface area contributed by atoms with E-state index < -0.39 is 0 Å². The smallest absolute Gasteiger partial charge is 0.224 e. The van der Waals surface area contributed by atoms with E-state index in [0.717, 1.165) is 17.0 Å². The molecule has 1 rings (SSSR count). The molecule has 0 heterocycles. The molecule has 0 saturated heterocycles. The van der Waals surface area contributed by atoms with Gasteiger partial charge in [0.15, 0.2) is 0 Å². The number of hydrogen-bond donors (Lipinski definition) is 2. The van der Waals surface area contributed by atoms with Crippen LogP contribution in [0.15, 0.2) is 29.2 Å². The van der Waals surface area contributed by atoms with Crippen molar-refractivity contribution >= 4 is 18.5 Å². The molecule has 0 atom stereocenters. The van der Waals surface area contributed by atoms with E-state index in [2.05, 4.69) is 36.7 Å². The monoisotopic (exact) mass is 280 g/mol. The lowest BCUT2D eigenvalue weighted by atomic mass is 9.93. The highest BCUT2D eigenvalue weighted by Gasteiger charge is 2.19. The normalized spacial score (nSPS) is 11.7. The summed E-state index contributed by atoms with van der Waals surface area (Å²) in [6.07, 6.45) is 0.423. The zero-order chi connectivity index (χ0) is 14.5. The molecule has 0 spiro atoms. The molecule has 1 aromatic carbocycles. The van der Waals surface area contributed by atoms with Gasteiger partial charge in [0.2, 0.25) is 5.91 Å². The number of carbonyl (C=O) groups excluding carboxylic acids is 1. The minimum absolute atomic E-state index is 0.0683. The summed E-state index contributed by atoms with van der Waals surface area (Å²) >= 11 is 4.23. The fourth-order valence-electron chi connectivity index (χ4n) is 2.11. The lowest BCUT2D eigenvalue weighted by Gasteiger charge is -2.28. The first-order valence-electron chi connectivity index (χ1n) is 6.48. The summed E-state index contributed by atoms with van der Waals surface area (Å²) in [6.45, 7) is 5.95. The van der Waals surface area contributed by atoms with Crippen molar-refractivity contribution in [2.45, 2.75) is 25.2 Å². The van der Waals surface area contributed by atoms with E-state index in [1.807, 2.05) is 38.4 Å². The first-order valence-corrected chi connectivity index (χ1v) is 6.92. The number of rotatable bonds is 6. The summed E-state index contributed by atoms with van der Waals surface area (Å²) in [5.41, 5.74) is 1.09. The van der Waals surface area contributed by atoms with Crippen LogP contribution < -0.4 is 5.32 Å². The van der Waals surface area contributed by atoms with Gasteiger partial charge in [-0.15, -0.1) is 12.6 Å². The molecule has 0 aromatic heterocycles. The molecular formula is C15H24N2OS. The number of nitrogens with one attached hydrogen (secondary N) is 1. The standard InChI is InChI=1S/C15H24N2OS/c1-15(2,11-17(3)4)10-16-14(18)9-12-5-7-13(19)8-6-12/h5-8,19H,9-11H2,1-4H3,(H,16,18). The third kappa shape index (κ3) is 6.64. The number of benzene rings is 1. The molecule has 1 amide bonds. The van der Waals surface area contributed by atoms with Gasteiger partial charge in [0, 0.05) is 18.0 Å². The van der Waals surface area contributed by atoms with E-state index in [0.29, 0.717) is 13.0 Å². The van der Waals surface area contributed by atoms with Crippen LogP contribution >= 0.6 is 12.6 Å². The quantitative estimate of drug-likeness (QED) is 0.783. The lowest BCUT2D eigenvalue weighted by Crippen LogP contribution is -2.40. The van der Waals surface area contributed by atoms with Crippen LogP contribution in [0, 0.1) is 5.41 Å².